The zero-order chi connectivity index (χ0) is 26.7. The molecule has 0 aromatic heterocycles. The molecule has 0 N–H and O–H groups in total. The predicted molar refractivity (Wildman–Crippen MR) is 139 cm³/mol. The lowest BCUT2D eigenvalue weighted by Crippen LogP contribution is -2.42. The Morgan fingerprint density at radius 2 is 1.89 bits per heavy atom. The highest BCUT2D eigenvalue weighted by molar-refractivity contribution is 8.16. The first-order valence-electron chi connectivity index (χ1n) is 12.5. The van der Waals surface area contributed by atoms with E-state index in [0.29, 0.717) is 54.7 Å². The number of benzene rings is 1. The number of likely N-dealkylation sites (tertiary alicyclic amines) is 1. The highest BCUT2D eigenvalue weighted by Gasteiger charge is 2.42. The highest BCUT2D eigenvalue weighted by Crippen LogP contribution is 2.45. The lowest BCUT2D eigenvalue weighted by atomic mass is 9.93. The maximum Gasteiger partial charge on any atom is 0.338 e. The van der Waals surface area contributed by atoms with E-state index in [1.807, 2.05) is 5.41 Å². The van der Waals surface area contributed by atoms with Gasteiger partial charge in [-0.3, -0.25) is 9.59 Å². The van der Waals surface area contributed by atoms with Crippen LogP contribution in [0.3, 0.4) is 0 Å². The second kappa shape index (κ2) is 11.5. The summed E-state index contributed by atoms with van der Waals surface area (Å²) in [6, 6.07) is 5.49. The van der Waals surface area contributed by atoms with Gasteiger partial charge in [-0.25, -0.2) is 14.2 Å². The molecule has 0 radical (unpaired) electrons. The SMILES string of the molecule is CCOC(=O)C1CCN(C(=O)CC2=CSC3=NC(C)=C(C(=O)OC(C)C)C(c4ccccc4F)N23)CC1. The van der Waals surface area contributed by atoms with Gasteiger partial charge < -0.3 is 19.3 Å². The fraction of sp³-hybridized carbons (Fsp3) is 0.481. The minimum Gasteiger partial charge on any atom is -0.466 e. The number of esters is 2. The van der Waals surface area contributed by atoms with Gasteiger partial charge in [0.25, 0.3) is 0 Å². The van der Waals surface area contributed by atoms with E-state index in [1.165, 1.54) is 17.8 Å². The Morgan fingerprint density at radius 1 is 1.19 bits per heavy atom. The second-order valence-electron chi connectivity index (χ2n) is 9.45. The van der Waals surface area contributed by atoms with Gasteiger partial charge >= 0.3 is 11.9 Å². The normalized spacial score (nSPS) is 20.0. The molecule has 1 amide bonds. The van der Waals surface area contributed by atoms with Crippen molar-refractivity contribution < 1.29 is 28.2 Å². The number of fused-ring (bicyclic) bond motifs is 1. The Bertz CT molecular complexity index is 1170. The monoisotopic (exact) mass is 529 g/mol. The Kier molecular flexibility index (Phi) is 8.36. The van der Waals surface area contributed by atoms with Crippen LogP contribution in [-0.4, -0.2) is 58.6 Å². The standard InChI is InChI=1S/C27H32FN3O5S/c1-5-35-25(33)18-10-12-30(13-11-18)22(32)14-19-15-37-27-29-17(4)23(26(34)36-16(2)3)24(31(19)27)20-8-6-7-9-21(20)28/h6-9,15-16,18,24H,5,10-14H2,1-4H3. The number of hydrogen-bond acceptors (Lipinski definition) is 8. The van der Waals surface area contributed by atoms with E-state index >= 15 is 4.39 Å². The number of carbonyl (C=O) groups excluding carboxylic acids is 3. The van der Waals surface area contributed by atoms with Gasteiger partial charge in [0.15, 0.2) is 5.17 Å². The van der Waals surface area contributed by atoms with Gasteiger partial charge in [-0.2, -0.15) is 0 Å². The van der Waals surface area contributed by atoms with Gasteiger partial charge in [0, 0.05) is 24.4 Å². The van der Waals surface area contributed by atoms with E-state index in [-0.39, 0.29) is 35.9 Å². The predicted octanol–water partition coefficient (Wildman–Crippen LogP) is 4.54. The Hall–Kier alpha value is -3.14. The Balaban J connectivity index is 1.57. The summed E-state index contributed by atoms with van der Waals surface area (Å²) in [5.41, 5.74) is 1.65. The fourth-order valence-corrected chi connectivity index (χ4v) is 5.76. The summed E-state index contributed by atoms with van der Waals surface area (Å²) in [7, 11) is 0. The molecule has 1 fully saturated rings. The molecule has 1 aromatic carbocycles. The number of carbonyl (C=O) groups is 3. The molecule has 3 heterocycles. The summed E-state index contributed by atoms with van der Waals surface area (Å²) in [4.78, 5) is 46.6. The summed E-state index contributed by atoms with van der Waals surface area (Å²) in [5.74, 6) is -1.53. The van der Waals surface area contributed by atoms with Gasteiger partial charge in [0.05, 0.1) is 42.4 Å². The quantitative estimate of drug-likeness (QED) is 0.479. The topological polar surface area (TPSA) is 88.5 Å². The molecular formula is C27H32FN3O5S. The van der Waals surface area contributed by atoms with Gasteiger partial charge in [0.2, 0.25) is 5.91 Å². The van der Waals surface area contributed by atoms with Crippen molar-refractivity contribution in [2.24, 2.45) is 10.9 Å². The molecule has 0 bridgehead atoms. The number of hydrogen-bond donors (Lipinski definition) is 0. The number of allylic oxidation sites excluding steroid dienone is 1. The molecule has 3 aliphatic heterocycles. The summed E-state index contributed by atoms with van der Waals surface area (Å²) in [6.07, 6.45) is 0.813. The zero-order valence-corrected chi connectivity index (χ0v) is 22.3. The summed E-state index contributed by atoms with van der Waals surface area (Å²) in [6.45, 7) is 8.27. The van der Waals surface area contributed by atoms with Crippen LogP contribution in [-0.2, 0) is 23.9 Å². The van der Waals surface area contributed by atoms with Gasteiger partial charge in [-0.15, -0.1) is 0 Å². The van der Waals surface area contributed by atoms with Crippen molar-refractivity contribution in [1.29, 1.82) is 0 Å². The first-order chi connectivity index (χ1) is 17.7. The van der Waals surface area contributed by atoms with E-state index < -0.39 is 17.8 Å². The number of nitrogens with zero attached hydrogens (tertiary/aromatic N) is 3. The van der Waals surface area contributed by atoms with Crippen molar-refractivity contribution >= 4 is 34.8 Å². The number of rotatable bonds is 7. The first kappa shape index (κ1) is 26.9. The first-order valence-corrected chi connectivity index (χ1v) is 13.4. The molecule has 4 rings (SSSR count). The molecule has 1 aromatic rings. The Labute approximate surface area is 220 Å². The molecule has 3 aliphatic rings. The maximum atomic E-state index is 15.1. The Morgan fingerprint density at radius 3 is 2.54 bits per heavy atom. The fourth-order valence-electron chi connectivity index (χ4n) is 4.79. The van der Waals surface area contributed by atoms with Crippen LogP contribution < -0.4 is 0 Å². The zero-order valence-electron chi connectivity index (χ0n) is 21.5. The smallest absolute Gasteiger partial charge is 0.338 e. The van der Waals surface area contributed by atoms with Crippen LogP contribution >= 0.6 is 11.8 Å². The molecule has 37 heavy (non-hydrogen) atoms. The summed E-state index contributed by atoms with van der Waals surface area (Å²) < 4.78 is 25.7. The van der Waals surface area contributed by atoms with Crippen molar-refractivity contribution in [1.82, 2.24) is 9.80 Å². The molecule has 1 saturated heterocycles. The molecule has 1 atom stereocenters. The number of piperidine rings is 1. The largest absolute Gasteiger partial charge is 0.466 e. The molecule has 0 spiro atoms. The van der Waals surface area contributed by atoms with Gasteiger partial charge in [-0.1, -0.05) is 30.0 Å². The average Bonchev–Trinajstić information content (AvgIpc) is 3.25. The number of ether oxygens (including phenoxy) is 2. The van der Waals surface area contributed by atoms with Crippen LogP contribution in [0.1, 0.15) is 58.6 Å². The lowest BCUT2D eigenvalue weighted by molar-refractivity contribution is -0.151. The maximum absolute atomic E-state index is 15.1. The van der Waals surface area contributed by atoms with E-state index in [2.05, 4.69) is 4.99 Å². The summed E-state index contributed by atoms with van der Waals surface area (Å²) >= 11 is 1.34. The molecular weight excluding hydrogens is 497 g/mol. The number of amidine groups is 1. The van der Waals surface area contributed by atoms with E-state index in [4.69, 9.17) is 9.47 Å². The van der Waals surface area contributed by atoms with Gasteiger partial charge in [-0.05, 0) is 52.0 Å². The van der Waals surface area contributed by atoms with Crippen LogP contribution in [0.2, 0.25) is 0 Å². The molecule has 198 valence electrons. The second-order valence-corrected chi connectivity index (χ2v) is 10.3. The van der Waals surface area contributed by atoms with Crippen LogP contribution in [0.4, 0.5) is 4.39 Å². The highest BCUT2D eigenvalue weighted by atomic mass is 32.2. The third-order valence-corrected chi connectivity index (χ3v) is 7.45. The molecule has 1 unspecified atom stereocenters. The lowest BCUT2D eigenvalue weighted by Gasteiger charge is -2.37. The van der Waals surface area contributed by atoms with Crippen LogP contribution in [0.15, 0.2) is 51.6 Å². The number of thioether (sulfide) groups is 1. The van der Waals surface area contributed by atoms with E-state index in [1.54, 1.807) is 55.7 Å². The molecule has 0 aliphatic carbocycles. The molecule has 8 nitrogen and oxygen atoms in total. The van der Waals surface area contributed by atoms with Crippen LogP contribution in [0, 0.1) is 11.7 Å². The van der Waals surface area contributed by atoms with Crippen molar-refractivity contribution in [2.75, 3.05) is 19.7 Å². The van der Waals surface area contributed by atoms with Crippen molar-refractivity contribution in [3.8, 4) is 0 Å². The third-order valence-electron chi connectivity index (χ3n) is 6.56. The van der Waals surface area contributed by atoms with E-state index in [9.17, 15) is 14.4 Å². The average molecular weight is 530 g/mol. The van der Waals surface area contributed by atoms with Crippen molar-refractivity contribution in [3.63, 3.8) is 0 Å². The summed E-state index contributed by atoms with van der Waals surface area (Å²) in [5, 5.41) is 2.41. The third kappa shape index (κ3) is 5.74. The van der Waals surface area contributed by atoms with Crippen LogP contribution in [0.25, 0.3) is 0 Å². The minimum atomic E-state index is -0.816. The number of aliphatic imine (C=N–C) groups is 1. The molecule has 10 heteroatoms. The number of amides is 1. The molecule has 0 saturated carbocycles. The van der Waals surface area contributed by atoms with Crippen molar-refractivity contribution in [2.45, 2.75) is 59.1 Å². The van der Waals surface area contributed by atoms with Crippen LogP contribution in [0.5, 0.6) is 0 Å². The van der Waals surface area contributed by atoms with E-state index in [0.717, 1.165) is 0 Å². The van der Waals surface area contributed by atoms with Gasteiger partial charge in [0.1, 0.15) is 5.82 Å². The minimum absolute atomic E-state index is 0.0621. The number of halogens is 1. The van der Waals surface area contributed by atoms with Crippen molar-refractivity contribution in [3.05, 3.63) is 58.0 Å².